The zero-order valence-corrected chi connectivity index (χ0v) is 8.73. The van der Waals surface area contributed by atoms with Crippen LogP contribution in [0.1, 0.15) is 42.6 Å². The predicted molar refractivity (Wildman–Crippen MR) is 49.6 cm³/mol. The molecule has 1 aromatic rings. The van der Waals surface area contributed by atoms with Crippen LogP contribution >= 0.6 is 0 Å². The molecule has 2 rings (SSSR count). The lowest BCUT2D eigenvalue weighted by Gasteiger charge is -2.20. The first-order valence-electron chi connectivity index (χ1n) is 5.04. The Kier molecular flexibility index (Phi) is 2.28. The fourth-order valence-electron chi connectivity index (χ4n) is 2.39. The fraction of sp³-hybridized carbons (Fsp3) is 0.700. The molecule has 0 radical (unpaired) electrons. The summed E-state index contributed by atoms with van der Waals surface area (Å²) in [5, 5.41) is 3.61. The van der Waals surface area contributed by atoms with E-state index in [1.54, 1.807) is 7.05 Å². The normalized spacial score (nSPS) is 21.5. The van der Waals surface area contributed by atoms with Gasteiger partial charge >= 0.3 is 6.18 Å². The number of nitrogens with zero attached hydrogens (tertiary/aromatic N) is 2. The Morgan fingerprint density at radius 1 is 1.40 bits per heavy atom. The van der Waals surface area contributed by atoms with Gasteiger partial charge in [0.05, 0.1) is 0 Å². The molecule has 1 heterocycles. The standard InChI is InChI=1S/C10H13F3N2/c1-6-4-3-5-7-8(6)15(2)14-9(7)10(11,12)13/h6H,3-5H2,1-2H3. The van der Waals surface area contributed by atoms with Crippen LogP contribution in [0, 0.1) is 0 Å². The van der Waals surface area contributed by atoms with Crippen molar-refractivity contribution < 1.29 is 13.2 Å². The van der Waals surface area contributed by atoms with Crippen molar-refractivity contribution in [2.45, 2.75) is 38.3 Å². The van der Waals surface area contributed by atoms with Crippen LogP contribution in [0.5, 0.6) is 0 Å². The number of halogens is 3. The molecule has 1 unspecified atom stereocenters. The van der Waals surface area contributed by atoms with Crippen molar-refractivity contribution in [1.82, 2.24) is 9.78 Å². The molecule has 0 saturated carbocycles. The van der Waals surface area contributed by atoms with Gasteiger partial charge in [-0.1, -0.05) is 6.92 Å². The number of rotatable bonds is 0. The minimum Gasteiger partial charge on any atom is -0.272 e. The summed E-state index contributed by atoms with van der Waals surface area (Å²) in [5.41, 5.74) is 0.476. The van der Waals surface area contributed by atoms with Crippen molar-refractivity contribution in [2.24, 2.45) is 7.05 Å². The Morgan fingerprint density at radius 2 is 2.07 bits per heavy atom. The Balaban J connectivity index is 2.56. The molecule has 84 valence electrons. The number of alkyl halides is 3. The molecule has 1 atom stereocenters. The Hall–Kier alpha value is -1.00. The zero-order chi connectivity index (χ0) is 11.2. The summed E-state index contributed by atoms with van der Waals surface area (Å²) in [5.74, 6) is 0.183. The second-order valence-electron chi connectivity index (χ2n) is 4.13. The van der Waals surface area contributed by atoms with E-state index in [9.17, 15) is 13.2 Å². The lowest BCUT2D eigenvalue weighted by Crippen LogP contribution is -2.13. The fourth-order valence-corrected chi connectivity index (χ4v) is 2.39. The third-order valence-electron chi connectivity index (χ3n) is 2.99. The van der Waals surface area contributed by atoms with Gasteiger partial charge in [0.15, 0.2) is 5.69 Å². The van der Waals surface area contributed by atoms with Crippen LogP contribution < -0.4 is 0 Å². The van der Waals surface area contributed by atoms with E-state index in [0.717, 1.165) is 18.5 Å². The topological polar surface area (TPSA) is 17.8 Å². The first-order chi connectivity index (χ1) is 6.91. The van der Waals surface area contributed by atoms with Gasteiger partial charge in [-0.2, -0.15) is 18.3 Å². The monoisotopic (exact) mass is 218 g/mol. The summed E-state index contributed by atoms with van der Waals surface area (Å²) < 4.78 is 39.3. The molecule has 0 aliphatic heterocycles. The molecule has 1 aliphatic rings. The number of hydrogen-bond acceptors (Lipinski definition) is 1. The smallest absolute Gasteiger partial charge is 0.272 e. The highest BCUT2D eigenvalue weighted by Gasteiger charge is 2.40. The highest BCUT2D eigenvalue weighted by atomic mass is 19.4. The molecule has 0 aromatic carbocycles. The van der Waals surface area contributed by atoms with Gasteiger partial charge in [0.2, 0.25) is 0 Å². The van der Waals surface area contributed by atoms with E-state index in [1.807, 2.05) is 6.92 Å². The van der Waals surface area contributed by atoms with E-state index in [1.165, 1.54) is 4.68 Å². The SMILES string of the molecule is CC1CCCc2c(C(F)(F)F)nn(C)c21. The molecule has 0 spiro atoms. The molecular formula is C10H13F3N2. The quantitative estimate of drug-likeness (QED) is 0.654. The van der Waals surface area contributed by atoms with E-state index in [2.05, 4.69) is 5.10 Å². The number of hydrogen-bond donors (Lipinski definition) is 0. The van der Waals surface area contributed by atoms with Crippen LogP contribution in [-0.4, -0.2) is 9.78 Å². The van der Waals surface area contributed by atoms with Crippen molar-refractivity contribution in [3.8, 4) is 0 Å². The van der Waals surface area contributed by atoms with Crippen molar-refractivity contribution in [1.29, 1.82) is 0 Å². The molecule has 0 N–H and O–H groups in total. The van der Waals surface area contributed by atoms with Gasteiger partial charge < -0.3 is 0 Å². The maximum absolute atomic E-state index is 12.6. The van der Waals surface area contributed by atoms with Gasteiger partial charge in [-0.3, -0.25) is 4.68 Å². The van der Waals surface area contributed by atoms with E-state index in [0.29, 0.717) is 12.0 Å². The Morgan fingerprint density at radius 3 is 2.67 bits per heavy atom. The highest BCUT2D eigenvalue weighted by Crippen LogP contribution is 2.39. The summed E-state index contributed by atoms with van der Waals surface area (Å²) in [4.78, 5) is 0. The molecule has 5 heteroatoms. The van der Waals surface area contributed by atoms with Gasteiger partial charge in [-0.15, -0.1) is 0 Å². The molecular weight excluding hydrogens is 205 g/mol. The van der Waals surface area contributed by atoms with Crippen LogP contribution in [0.3, 0.4) is 0 Å². The number of fused-ring (bicyclic) bond motifs is 1. The molecule has 1 aliphatic carbocycles. The van der Waals surface area contributed by atoms with Gasteiger partial charge in [0.25, 0.3) is 0 Å². The lowest BCUT2D eigenvalue weighted by molar-refractivity contribution is -0.142. The van der Waals surface area contributed by atoms with Gasteiger partial charge in [0, 0.05) is 18.3 Å². The Labute approximate surface area is 86.1 Å². The molecule has 0 bridgehead atoms. The van der Waals surface area contributed by atoms with Crippen molar-refractivity contribution in [3.63, 3.8) is 0 Å². The largest absolute Gasteiger partial charge is 0.435 e. The van der Waals surface area contributed by atoms with Crippen LogP contribution in [0.4, 0.5) is 13.2 Å². The molecule has 15 heavy (non-hydrogen) atoms. The minimum atomic E-state index is -4.32. The van der Waals surface area contributed by atoms with E-state index in [4.69, 9.17) is 0 Å². The van der Waals surface area contributed by atoms with Crippen LogP contribution in [0.25, 0.3) is 0 Å². The van der Waals surface area contributed by atoms with Crippen LogP contribution in [0.15, 0.2) is 0 Å². The third kappa shape index (κ3) is 1.64. The predicted octanol–water partition coefficient (Wildman–Crippen LogP) is 2.88. The molecule has 2 nitrogen and oxygen atoms in total. The van der Waals surface area contributed by atoms with E-state index in [-0.39, 0.29) is 5.92 Å². The molecule has 0 saturated heterocycles. The maximum atomic E-state index is 12.6. The molecule has 0 fully saturated rings. The summed E-state index contributed by atoms with van der Waals surface area (Å²) >= 11 is 0. The van der Waals surface area contributed by atoms with Crippen molar-refractivity contribution >= 4 is 0 Å². The summed E-state index contributed by atoms with van der Waals surface area (Å²) in [6.07, 6.45) is -2.04. The van der Waals surface area contributed by atoms with E-state index >= 15 is 0 Å². The first-order valence-corrected chi connectivity index (χ1v) is 5.04. The number of aryl methyl sites for hydroxylation is 1. The molecule has 1 aromatic heterocycles. The third-order valence-corrected chi connectivity index (χ3v) is 2.99. The Bertz CT molecular complexity index is 379. The average Bonchev–Trinajstić information content (AvgIpc) is 2.44. The highest BCUT2D eigenvalue weighted by molar-refractivity contribution is 5.32. The van der Waals surface area contributed by atoms with Crippen molar-refractivity contribution in [3.05, 3.63) is 17.0 Å². The number of aromatic nitrogens is 2. The van der Waals surface area contributed by atoms with Gasteiger partial charge in [0.1, 0.15) is 0 Å². The second kappa shape index (κ2) is 3.25. The summed E-state index contributed by atoms with van der Waals surface area (Å²) in [6.45, 7) is 1.96. The summed E-state index contributed by atoms with van der Waals surface area (Å²) in [7, 11) is 1.59. The van der Waals surface area contributed by atoms with Gasteiger partial charge in [-0.05, 0) is 25.2 Å². The van der Waals surface area contributed by atoms with Crippen LogP contribution in [-0.2, 0) is 19.6 Å². The zero-order valence-electron chi connectivity index (χ0n) is 8.73. The minimum absolute atomic E-state index is 0.183. The second-order valence-corrected chi connectivity index (χ2v) is 4.13. The molecule has 0 amide bonds. The van der Waals surface area contributed by atoms with Crippen molar-refractivity contribution in [2.75, 3.05) is 0 Å². The first kappa shape index (κ1) is 10.5. The average molecular weight is 218 g/mol. The van der Waals surface area contributed by atoms with E-state index < -0.39 is 11.9 Å². The van der Waals surface area contributed by atoms with Gasteiger partial charge in [-0.25, -0.2) is 0 Å². The lowest BCUT2D eigenvalue weighted by atomic mass is 9.88. The maximum Gasteiger partial charge on any atom is 0.435 e. The van der Waals surface area contributed by atoms with Crippen LogP contribution in [0.2, 0.25) is 0 Å². The summed E-state index contributed by atoms with van der Waals surface area (Å²) in [6, 6.07) is 0.